The van der Waals surface area contributed by atoms with Gasteiger partial charge in [-0.2, -0.15) is 0 Å². The second kappa shape index (κ2) is 6.28. The molecule has 1 aromatic rings. The Morgan fingerprint density at radius 2 is 1.94 bits per heavy atom. The summed E-state index contributed by atoms with van der Waals surface area (Å²) in [5.41, 5.74) is 0.220. The molecule has 0 aromatic heterocycles. The van der Waals surface area contributed by atoms with Crippen LogP contribution in [0.2, 0.25) is 0 Å². The van der Waals surface area contributed by atoms with Gasteiger partial charge in [-0.1, -0.05) is 32.3 Å². The highest BCUT2D eigenvalue weighted by molar-refractivity contribution is 5.23. The minimum Gasteiger partial charge on any atom is -0.310 e. The van der Waals surface area contributed by atoms with Gasteiger partial charge in [0.25, 0.3) is 0 Å². The first-order chi connectivity index (χ1) is 8.72. The molecule has 2 rings (SSSR count). The van der Waals surface area contributed by atoms with Crippen molar-refractivity contribution in [2.45, 2.75) is 45.1 Å². The molecular formula is C15H21F2N. The van der Waals surface area contributed by atoms with Crippen molar-refractivity contribution >= 4 is 0 Å². The zero-order valence-corrected chi connectivity index (χ0v) is 10.9. The van der Waals surface area contributed by atoms with Crippen molar-refractivity contribution in [1.29, 1.82) is 0 Å². The lowest BCUT2D eigenvalue weighted by Gasteiger charge is -2.30. The van der Waals surface area contributed by atoms with E-state index < -0.39 is 11.6 Å². The molecule has 1 fully saturated rings. The normalized spacial score (nSPS) is 17.5. The van der Waals surface area contributed by atoms with Crippen LogP contribution in [0.1, 0.15) is 50.6 Å². The van der Waals surface area contributed by atoms with E-state index in [0.717, 1.165) is 19.4 Å². The number of hydrogen-bond acceptors (Lipinski definition) is 1. The lowest BCUT2D eigenvalue weighted by atomic mass is 9.79. The zero-order valence-electron chi connectivity index (χ0n) is 10.9. The van der Waals surface area contributed by atoms with Gasteiger partial charge in [-0.25, -0.2) is 8.78 Å². The van der Waals surface area contributed by atoms with Crippen molar-refractivity contribution in [3.8, 4) is 0 Å². The Kier molecular flexibility index (Phi) is 4.70. The molecule has 0 heterocycles. The Hall–Kier alpha value is -0.960. The summed E-state index contributed by atoms with van der Waals surface area (Å²) in [6, 6.07) is 3.94. The average molecular weight is 253 g/mol. The third kappa shape index (κ3) is 3.08. The Morgan fingerprint density at radius 3 is 2.44 bits per heavy atom. The minimum atomic E-state index is -0.428. The van der Waals surface area contributed by atoms with E-state index >= 15 is 0 Å². The molecule has 100 valence electrons. The van der Waals surface area contributed by atoms with Gasteiger partial charge in [0.1, 0.15) is 11.6 Å². The fraction of sp³-hybridized carbons (Fsp3) is 0.600. The summed E-state index contributed by atoms with van der Waals surface area (Å²) in [5.74, 6) is -0.232. The molecule has 1 nitrogen and oxygen atoms in total. The van der Waals surface area contributed by atoms with E-state index in [2.05, 4.69) is 12.2 Å². The standard InChI is InChI=1S/C15H21F2N/c1-2-9-18-14(10-11-5-3-6-11)15-12(16)7-4-8-13(15)17/h4,7-8,11,14,18H,2-3,5-6,9-10H2,1H3. The quantitative estimate of drug-likeness (QED) is 0.801. The maximum atomic E-state index is 13.8. The van der Waals surface area contributed by atoms with E-state index in [1.165, 1.54) is 37.5 Å². The second-order valence-electron chi connectivity index (χ2n) is 5.17. The average Bonchev–Trinajstić information content (AvgIpc) is 2.29. The first-order valence-electron chi connectivity index (χ1n) is 6.89. The van der Waals surface area contributed by atoms with Crippen LogP contribution in [0.4, 0.5) is 8.78 Å². The molecule has 0 aliphatic heterocycles. The van der Waals surface area contributed by atoms with E-state index in [1.807, 2.05) is 0 Å². The molecule has 3 heteroatoms. The molecule has 1 aliphatic carbocycles. The van der Waals surface area contributed by atoms with Crippen molar-refractivity contribution in [2.75, 3.05) is 6.54 Å². The van der Waals surface area contributed by atoms with Gasteiger partial charge in [0.05, 0.1) is 0 Å². The van der Waals surface area contributed by atoms with Gasteiger partial charge >= 0.3 is 0 Å². The number of benzene rings is 1. The number of nitrogens with one attached hydrogen (secondary N) is 1. The molecule has 0 amide bonds. The first kappa shape index (κ1) is 13.5. The Morgan fingerprint density at radius 1 is 1.28 bits per heavy atom. The molecule has 1 atom stereocenters. The zero-order chi connectivity index (χ0) is 13.0. The van der Waals surface area contributed by atoms with Crippen LogP contribution in [0.5, 0.6) is 0 Å². The molecule has 0 bridgehead atoms. The van der Waals surface area contributed by atoms with Crippen molar-refractivity contribution in [1.82, 2.24) is 5.32 Å². The summed E-state index contributed by atoms with van der Waals surface area (Å²) < 4.78 is 27.6. The summed E-state index contributed by atoms with van der Waals surface area (Å²) >= 11 is 0. The van der Waals surface area contributed by atoms with Crippen LogP contribution >= 0.6 is 0 Å². The van der Waals surface area contributed by atoms with Crippen molar-refractivity contribution < 1.29 is 8.78 Å². The summed E-state index contributed by atoms with van der Waals surface area (Å²) in [7, 11) is 0. The molecule has 18 heavy (non-hydrogen) atoms. The number of hydrogen-bond donors (Lipinski definition) is 1. The molecular weight excluding hydrogens is 232 g/mol. The Labute approximate surface area is 108 Å². The highest BCUT2D eigenvalue weighted by atomic mass is 19.1. The van der Waals surface area contributed by atoms with Crippen LogP contribution in [-0.4, -0.2) is 6.54 Å². The first-order valence-corrected chi connectivity index (χ1v) is 6.89. The summed E-state index contributed by atoms with van der Waals surface area (Å²) in [6.07, 6.45) is 5.46. The minimum absolute atomic E-state index is 0.184. The molecule has 1 N–H and O–H groups in total. The van der Waals surface area contributed by atoms with Crippen molar-refractivity contribution in [3.05, 3.63) is 35.4 Å². The highest BCUT2D eigenvalue weighted by Gasteiger charge is 2.26. The summed E-state index contributed by atoms with van der Waals surface area (Å²) in [5, 5.41) is 3.29. The summed E-state index contributed by atoms with van der Waals surface area (Å²) in [6.45, 7) is 2.86. The van der Waals surface area contributed by atoms with E-state index in [-0.39, 0.29) is 11.6 Å². The van der Waals surface area contributed by atoms with Crippen LogP contribution in [0.25, 0.3) is 0 Å². The molecule has 0 saturated heterocycles. The Bertz CT molecular complexity index is 368. The van der Waals surface area contributed by atoms with Crippen LogP contribution < -0.4 is 5.32 Å². The second-order valence-corrected chi connectivity index (χ2v) is 5.17. The van der Waals surface area contributed by atoms with Crippen LogP contribution in [0.15, 0.2) is 18.2 Å². The SMILES string of the molecule is CCCNC(CC1CCC1)c1c(F)cccc1F. The molecule has 0 radical (unpaired) electrons. The van der Waals surface area contributed by atoms with E-state index in [1.54, 1.807) is 0 Å². The maximum absolute atomic E-state index is 13.8. The van der Waals surface area contributed by atoms with Crippen molar-refractivity contribution in [3.63, 3.8) is 0 Å². The number of halogens is 2. The Balaban J connectivity index is 2.14. The van der Waals surface area contributed by atoms with E-state index in [4.69, 9.17) is 0 Å². The number of rotatable bonds is 6. The highest BCUT2D eigenvalue weighted by Crippen LogP contribution is 2.36. The van der Waals surface area contributed by atoms with Crippen LogP contribution in [0.3, 0.4) is 0 Å². The third-order valence-corrected chi connectivity index (χ3v) is 3.78. The van der Waals surface area contributed by atoms with Gasteiger partial charge in [-0.3, -0.25) is 0 Å². The predicted molar refractivity (Wildman–Crippen MR) is 69.4 cm³/mol. The molecule has 1 aromatic carbocycles. The van der Waals surface area contributed by atoms with Gasteiger partial charge < -0.3 is 5.32 Å². The molecule has 1 saturated carbocycles. The predicted octanol–water partition coefficient (Wildman–Crippen LogP) is 4.20. The third-order valence-electron chi connectivity index (χ3n) is 3.78. The molecule has 1 unspecified atom stereocenters. The monoisotopic (exact) mass is 253 g/mol. The smallest absolute Gasteiger partial charge is 0.130 e. The lowest BCUT2D eigenvalue weighted by molar-refractivity contribution is 0.256. The molecule has 1 aliphatic rings. The van der Waals surface area contributed by atoms with E-state index in [0.29, 0.717) is 5.92 Å². The topological polar surface area (TPSA) is 12.0 Å². The fourth-order valence-electron chi connectivity index (χ4n) is 2.53. The van der Waals surface area contributed by atoms with Gasteiger partial charge in [-0.15, -0.1) is 0 Å². The van der Waals surface area contributed by atoms with E-state index in [9.17, 15) is 8.78 Å². The molecule has 0 spiro atoms. The van der Waals surface area contributed by atoms with Gasteiger partial charge in [-0.05, 0) is 37.4 Å². The van der Waals surface area contributed by atoms with Gasteiger partial charge in [0.15, 0.2) is 0 Å². The van der Waals surface area contributed by atoms with Gasteiger partial charge in [0, 0.05) is 11.6 Å². The largest absolute Gasteiger partial charge is 0.310 e. The van der Waals surface area contributed by atoms with Crippen LogP contribution in [-0.2, 0) is 0 Å². The lowest BCUT2D eigenvalue weighted by Crippen LogP contribution is -2.28. The van der Waals surface area contributed by atoms with Crippen molar-refractivity contribution in [2.24, 2.45) is 5.92 Å². The van der Waals surface area contributed by atoms with Gasteiger partial charge in [0.2, 0.25) is 0 Å². The van der Waals surface area contributed by atoms with Crippen LogP contribution in [0, 0.1) is 17.6 Å². The fourth-order valence-corrected chi connectivity index (χ4v) is 2.53. The maximum Gasteiger partial charge on any atom is 0.130 e. The summed E-state index contributed by atoms with van der Waals surface area (Å²) in [4.78, 5) is 0.